The molecule has 3 saturated carbocycles. The smallest absolute Gasteiger partial charge is 0.351 e. The number of hydrogen-bond acceptors (Lipinski definition) is 4. The molecule has 4 nitrogen and oxygen atoms in total. The molecular formula is C37H50O4. The van der Waals surface area contributed by atoms with E-state index in [9.17, 15) is 9.59 Å². The molecule has 3 fully saturated rings. The topological polar surface area (TPSA) is 56.5 Å². The van der Waals surface area contributed by atoms with Crippen LogP contribution in [-0.2, 0) is 4.74 Å². The maximum absolute atomic E-state index is 13.1. The molecular weight excluding hydrogens is 508 g/mol. The van der Waals surface area contributed by atoms with Crippen LogP contribution in [0, 0.1) is 46.3 Å². The number of benzene rings is 1. The van der Waals surface area contributed by atoms with E-state index in [2.05, 4.69) is 40.7 Å². The first-order valence-electron chi connectivity index (χ1n) is 16.5. The van der Waals surface area contributed by atoms with Gasteiger partial charge in [-0.3, -0.25) is 0 Å². The van der Waals surface area contributed by atoms with Gasteiger partial charge in [-0.1, -0.05) is 83.7 Å². The second kappa shape index (κ2) is 11.0. The molecule has 41 heavy (non-hydrogen) atoms. The third kappa shape index (κ3) is 5.12. The van der Waals surface area contributed by atoms with Crippen molar-refractivity contribution in [1.82, 2.24) is 0 Å². The normalized spacial score (nSPS) is 35.4. The van der Waals surface area contributed by atoms with Crippen LogP contribution in [0.4, 0.5) is 0 Å². The molecule has 0 spiro atoms. The number of esters is 1. The van der Waals surface area contributed by atoms with E-state index in [1.165, 1.54) is 56.9 Å². The fourth-order valence-corrected chi connectivity index (χ4v) is 10.2. The van der Waals surface area contributed by atoms with Crippen molar-refractivity contribution in [2.45, 2.75) is 111 Å². The number of para-hydroxylation sites is 1. The van der Waals surface area contributed by atoms with E-state index in [1.807, 2.05) is 18.2 Å². The van der Waals surface area contributed by atoms with Crippen LogP contribution in [0.3, 0.4) is 0 Å². The van der Waals surface area contributed by atoms with Gasteiger partial charge < -0.3 is 9.15 Å². The predicted octanol–water partition coefficient (Wildman–Crippen LogP) is 9.36. The van der Waals surface area contributed by atoms with Crippen molar-refractivity contribution in [3.05, 3.63) is 58.0 Å². The van der Waals surface area contributed by atoms with Gasteiger partial charge >= 0.3 is 11.6 Å². The van der Waals surface area contributed by atoms with Gasteiger partial charge in [0.1, 0.15) is 17.3 Å². The maximum atomic E-state index is 13.1. The third-order valence-electron chi connectivity index (χ3n) is 12.4. The van der Waals surface area contributed by atoms with Gasteiger partial charge in [0.25, 0.3) is 0 Å². The third-order valence-corrected chi connectivity index (χ3v) is 12.4. The molecule has 0 amide bonds. The van der Waals surface area contributed by atoms with E-state index < -0.39 is 11.6 Å². The summed E-state index contributed by atoms with van der Waals surface area (Å²) in [4.78, 5) is 25.6. The van der Waals surface area contributed by atoms with Gasteiger partial charge in [0, 0.05) is 11.8 Å². The van der Waals surface area contributed by atoms with Gasteiger partial charge in [0.15, 0.2) is 0 Å². The van der Waals surface area contributed by atoms with Crippen LogP contribution in [0.5, 0.6) is 0 Å². The molecule has 0 radical (unpaired) electrons. The summed E-state index contributed by atoms with van der Waals surface area (Å²) >= 11 is 0. The monoisotopic (exact) mass is 558 g/mol. The average molecular weight is 559 g/mol. The molecule has 1 aromatic heterocycles. The first kappa shape index (κ1) is 28.7. The molecule has 0 saturated heterocycles. The Kier molecular flexibility index (Phi) is 7.74. The second-order valence-corrected chi connectivity index (χ2v) is 15.0. The lowest BCUT2D eigenvalue weighted by Gasteiger charge is -2.58. The van der Waals surface area contributed by atoms with E-state index in [4.69, 9.17) is 9.15 Å². The standard InChI is InChI=1S/C37H50O4/c1-23(2)9-8-10-24(3)30-15-16-31-28-14-13-26-22-27(17-19-36(26,4)32(28)18-20-37(30,31)5)40-34(38)29-21-25-11-6-7-12-33(25)41-35(29)39/h6-7,11-13,21,23-24,27-28,30-32H,8-10,14-20,22H2,1-5H3/t24-,27+,28+,30-,31+,32-,36+,37-/m1/s1. The van der Waals surface area contributed by atoms with Crippen LogP contribution in [0.25, 0.3) is 11.0 Å². The number of hydrogen-bond donors (Lipinski definition) is 0. The first-order valence-corrected chi connectivity index (χ1v) is 16.5. The van der Waals surface area contributed by atoms with Crippen LogP contribution in [0.2, 0.25) is 0 Å². The molecule has 2 aromatic rings. The van der Waals surface area contributed by atoms with Gasteiger partial charge in [-0.15, -0.1) is 0 Å². The molecule has 1 heterocycles. The van der Waals surface area contributed by atoms with Crippen LogP contribution in [0.1, 0.15) is 116 Å². The molecule has 222 valence electrons. The van der Waals surface area contributed by atoms with E-state index in [0.29, 0.717) is 11.0 Å². The fourth-order valence-electron chi connectivity index (χ4n) is 10.2. The molecule has 1 aromatic carbocycles. The van der Waals surface area contributed by atoms with E-state index >= 15 is 0 Å². The fraction of sp³-hybridized carbons (Fsp3) is 0.676. The SMILES string of the molecule is CC(C)CCC[C@@H](C)[C@H]1CC[C@H]2[C@@H]3CC=C4C[C@@H](OC(=O)c5cc6ccccc6oc5=O)CC[C@]4(C)[C@@H]3CC[C@]12C. The lowest BCUT2D eigenvalue weighted by atomic mass is 9.47. The van der Waals surface area contributed by atoms with Crippen LogP contribution in [0.15, 0.2) is 51.2 Å². The highest BCUT2D eigenvalue weighted by Gasteiger charge is 2.59. The predicted molar refractivity (Wildman–Crippen MR) is 165 cm³/mol. The first-order chi connectivity index (χ1) is 19.6. The van der Waals surface area contributed by atoms with E-state index in [-0.39, 0.29) is 17.1 Å². The van der Waals surface area contributed by atoms with Gasteiger partial charge in [-0.05, 0) is 103 Å². The Morgan fingerprint density at radius 2 is 1.83 bits per heavy atom. The van der Waals surface area contributed by atoms with Crippen LogP contribution in [-0.4, -0.2) is 12.1 Å². The Hall–Kier alpha value is -2.36. The molecule has 4 aliphatic rings. The van der Waals surface area contributed by atoms with Gasteiger partial charge in [-0.2, -0.15) is 0 Å². The molecule has 4 aliphatic carbocycles. The Labute approximate surface area is 246 Å². The minimum Gasteiger partial charge on any atom is -0.458 e. The lowest BCUT2D eigenvalue weighted by Crippen LogP contribution is -2.51. The maximum Gasteiger partial charge on any atom is 0.351 e. The summed E-state index contributed by atoms with van der Waals surface area (Å²) in [5.74, 6) is 4.33. The summed E-state index contributed by atoms with van der Waals surface area (Å²) in [6, 6.07) is 8.89. The largest absolute Gasteiger partial charge is 0.458 e. The molecule has 0 aliphatic heterocycles. The summed E-state index contributed by atoms with van der Waals surface area (Å²) in [5.41, 5.74) is 2.05. The zero-order valence-corrected chi connectivity index (χ0v) is 25.9. The van der Waals surface area contributed by atoms with Crippen molar-refractivity contribution in [2.75, 3.05) is 0 Å². The zero-order valence-electron chi connectivity index (χ0n) is 25.9. The van der Waals surface area contributed by atoms with Crippen molar-refractivity contribution in [3.8, 4) is 0 Å². The van der Waals surface area contributed by atoms with Crippen molar-refractivity contribution >= 4 is 16.9 Å². The molecule has 8 atom stereocenters. The summed E-state index contributed by atoms with van der Waals surface area (Å²) in [6.07, 6.45) is 15.9. The molecule has 0 bridgehead atoms. The molecule has 0 N–H and O–H groups in total. The molecule has 4 heteroatoms. The number of rotatable bonds is 7. The Morgan fingerprint density at radius 1 is 1.02 bits per heavy atom. The number of allylic oxidation sites excluding steroid dienone is 1. The quantitative estimate of drug-likeness (QED) is 0.193. The minimum absolute atomic E-state index is 0.00416. The van der Waals surface area contributed by atoms with Gasteiger partial charge in [0.2, 0.25) is 0 Å². The summed E-state index contributed by atoms with van der Waals surface area (Å²) < 4.78 is 11.4. The summed E-state index contributed by atoms with van der Waals surface area (Å²) in [6.45, 7) is 12.4. The highest BCUT2D eigenvalue weighted by atomic mass is 16.5. The van der Waals surface area contributed by atoms with Crippen molar-refractivity contribution in [1.29, 1.82) is 0 Å². The van der Waals surface area contributed by atoms with Crippen molar-refractivity contribution < 1.29 is 13.9 Å². The van der Waals surface area contributed by atoms with Gasteiger partial charge in [-0.25, -0.2) is 9.59 Å². The second-order valence-electron chi connectivity index (χ2n) is 15.0. The summed E-state index contributed by atoms with van der Waals surface area (Å²) in [5, 5.41) is 0.736. The number of carbonyl (C=O) groups excluding carboxylic acids is 1. The van der Waals surface area contributed by atoms with Crippen LogP contribution < -0.4 is 5.63 Å². The zero-order chi connectivity index (χ0) is 28.9. The minimum atomic E-state index is -0.622. The Balaban J connectivity index is 1.13. The van der Waals surface area contributed by atoms with Gasteiger partial charge in [0.05, 0.1) is 0 Å². The van der Waals surface area contributed by atoms with E-state index in [0.717, 1.165) is 60.2 Å². The molecule has 0 unspecified atom stereocenters. The Bertz CT molecular complexity index is 1370. The van der Waals surface area contributed by atoms with E-state index in [1.54, 1.807) is 12.1 Å². The number of carbonyl (C=O) groups is 1. The van der Waals surface area contributed by atoms with Crippen molar-refractivity contribution in [2.24, 2.45) is 46.3 Å². The number of fused-ring (bicyclic) bond motifs is 6. The highest BCUT2D eigenvalue weighted by Crippen LogP contribution is 2.67. The van der Waals surface area contributed by atoms with Crippen molar-refractivity contribution in [3.63, 3.8) is 0 Å². The van der Waals surface area contributed by atoms with Crippen LogP contribution >= 0.6 is 0 Å². The number of ether oxygens (including phenoxy) is 1. The lowest BCUT2D eigenvalue weighted by molar-refractivity contribution is -0.0595. The summed E-state index contributed by atoms with van der Waals surface area (Å²) in [7, 11) is 0. The average Bonchev–Trinajstić information content (AvgIpc) is 3.30. The highest BCUT2D eigenvalue weighted by molar-refractivity contribution is 5.92. The Morgan fingerprint density at radius 3 is 2.63 bits per heavy atom. The molecule has 6 rings (SSSR count).